The molecule has 0 fully saturated rings. The maximum absolute atomic E-state index is 12.5. The second kappa shape index (κ2) is 8.71. The molecule has 2 N–H and O–H groups in total. The number of hydrogen-bond acceptors (Lipinski definition) is 5. The molecule has 134 valence electrons. The van der Waals surface area contributed by atoms with Crippen molar-refractivity contribution in [3.05, 3.63) is 29.8 Å². The summed E-state index contributed by atoms with van der Waals surface area (Å²) in [6, 6.07) is 5.00. The number of thiazole rings is 1. The normalized spacial score (nSPS) is 12.2. The summed E-state index contributed by atoms with van der Waals surface area (Å²) in [4.78, 5) is 33.2. The van der Waals surface area contributed by atoms with Gasteiger partial charge in [0.25, 0.3) is 0 Å². The average molecular weight is 360 g/mol. The molecule has 0 aliphatic heterocycles. The van der Waals surface area contributed by atoms with Crippen LogP contribution in [0.4, 0.5) is 5.13 Å². The first kappa shape index (κ1) is 19.1. The Morgan fingerprint density at radius 2 is 1.92 bits per heavy atom. The molecule has 2 aromatic rings. The van der Waals surface area contributed by atoms with Crippen molar-refractivity contribution >= 4 is 28.3 Å². The van der Waals surface area contributed by atoms with Crippen LogP contribution in [0, 0.1) is 11.8 Å². The third kappa shape index (κ3) is 5.63. The van der Waals surface area contributed by atoms with Crippen molar-refractivity contribution in [2.24, 2.45) is 11.8 Å². The lowest BCUT2D eigenvalue weighted by atomic mass is 10.0. The van der Waals surface area contributed by atoms with Crippen molar-refractivity contribution in [2.45, 2.75) is 40.2 Å². The van der Waals surface area contributed by atoms with Crippen molar-refractivity contribution in [1.82, 2.24) is 15.3 Å². The Kier molecular flexibility index (Phi) is 6.64. The van der Waals surface area contributed by atoms with Gasteiger partial charge >= 0.3 is 0 Å². The highest BCUT2D eigenvalue weighted by Gasteiger charge is 2.25. The number of pyridine rings is 1. The standard InChI is InChI=1S/C18H24N4O2S/c1-11(2)9-15(23)21-16(12(3)4)17(24)22-18-20-14(10-25-18)13-7-5-6-8-19-13/h5-8,10-12,16H,9H2,1-4H3,(H,21,23)(H,20,22,24). The van der Waals surface area contributed by atoms with E-state index >= 15 is 0 Å². The quantitative estimate of drug-likeness (QED) is 0.793. The van der Waals surface area contributed by atoms with Gasteiger partial charge in [-0.1, -0.05) is 33.8 Å². The Balaban J connectivity index is 2.03. The summed E-state index contributed by atoms with van der Waals surface area (Å²) in [7, 11) is 0. The Bertz CT molecular complexity index is 713. The van der Waals surface area contributed by atoms with Crippen LogP contribution in [0.5, 0.6) is 0 Å². The third-order valence-electron chi connectivity index (χ3n) is 3.52. The number of carbonyl (C=O) groups excluding carboxylic acids is 2. The average Bonchev–Trinajstić information content (AvgIpc) is 3.01. The summed E-state index contributed by atoms with van der Waals surface area (Å²) in [5, 5.41) is 7.96. The van der Waals surface area contributed by atoms with Crippen LogP contribution in [0.25, 0.3) is 11.4 Å². The minimum atomic E-state index is -0.589. The first-order valence-corrected chi connectivity index (χ1v) is 9.22. The molecule has 2 aromatic heterocycles. The third-order valence-corrected chi connectivity index (χ3v) is 4.28. The van der Waals surface area contributed by atoms with E-state index in [0.29, 0.717) is 17.2 Å². The molecule has 2 rings (SSSR count). The molecule has 7 heteroatoms. The highest BCUT2D eigenvalue weighted by atomic mass is 32.1. The Hall–Kier alpha value is -2.28. The van der Waals surface area contributed by atoms with Crippen LogP contribution in [-0.4, -0.2) is 27.8 Å². The smallest absolute Gasteiger partial charge is 0.248 e. The van der Waals surface area contributed by atoms with Crippen LogP contribution in [0.1, 0.15) is 34.1 Å². The van der Waals surface area contributed by atoms with E-state index in [0.717, 1.165) is 5.69 Å². The van der Waals surface area contributed by atoms with E-state index in [1.54, 1.807) is 6.20 Å². The van der Waals surface area contributed by atoms with Gasteiger partial charge in [0, 0.05) is 18.0 Å². The predicted octanol–water partition coefficient (Wildman–Crippen LogP) is 3.33. The summed E-state index contributed by atoms with van der Waals surface area (Å²) in [5.74, 6) is -0.145. The second-order valence-corrected chi connectivity index (χ2v) is 7.49. The molecule has 0 aliphatic carbocycles. The molecule has 0 aliphatic rings. The fourth-order valence-corrected chi connectivity index (χ4v) is 2.99. The molecule has 0 saturated carbocycles. The van der Waals surface area contributed by atoms with Gasteiger partial charge in [0.05, 0.1) is 5.69 Å². The number of anilines is 1. The molecule has 1 unspecified atom stereocenters. The van der Waals surface area contributed by atoms with Gasteiger partial charge in [-0.05, 0) is 24.0 Å². The maximum atomic E-state index is 12.5. The lowest BCUT2D eigenvalue weighted by molar-refractivity contribution is -0.127. The van der Waals surface area contributed by atoms with Gasteiger partial charge in [-0.15, -0.1) is 11.3 Å². The molecule has 25 heavy (non-hydrogen) atoms. The number of carbonyl (C=O) groups is 2. The van der Waals surface area contributed by atoms with Crippen molar-refractivity contribution in [1.29, 1.82) is 0 Å². The lowest BCUT2D eigenvalue weighted by Crippen LogP contribution is -2.47. The highest BCUT2D eigenvalue weighted by molar-refractivity contribution is 7.14. The Morgan fingerprint density at radius 1 is 1.16 bits per heavy atom. The van der Waals surface area contributed by atoms with Crippen molar-refractivity contribution in [3.63, 3.8) is 0 Å². The molecule has 2 amide bonds. The van der Waals surface area contributed by atoms with Gasteiger partial charge in [0.15, 0.2) is 5.13 Å². The van der Waals surface area contributed by atoms with Crippen molar-refractivity contribution in [2.75, 3.05) is 5.32 Å². The second-order valence-electron chi connectivity index (χ2n) is 6.63. The molecule has 0 saturated heterocycles. The van der Waals surface area contributed by atoms with Gasteiger partial charge < -0.3 is 10.6 Å². The monoisotopic (exact) mass is 360 g/mol. The first-order valence-electron chi connectivity index (χ1n) is 8.34. The molecular weight excluding hydrogens is 336 g/mol. The Morgan fingerprint density at radius 3 is 2.52 bits per heavy atom. The molecule has 0 bridgehead atoms. The highest BCUT2D eigenvalue weighted by Crippen LogP contribution is 2.23. The van der Waals surface area contributed by atoms with Gasteiger partial charge in [0.2, 0.25) is 11.8 Å². The zero-order valence-electron chi connectivity index (χ0n) is 14.9. The molecular formula is C18H24N4O2S. The van der Waals surface area contributed by atoms with Gasteiger partial charge in [0.1, 0.15) is 11.7 Å². The SMILES string of the molecule is CC(C)CC(=O)NC(C(=O)Nc1nc(-c2ccccn2)cs1)C(C)C. The number of amides is 2. The number of nitrogens with one attached hydrogen (secondary N) is 2. The summed E-state index contributed by atoms with van der Waals surface area (Å²) < 4.78 is 0. The van der Waals surface area contributed by atoms with E-state index in [-0.39, 0.29) is 23.7 Å². The molecule has 0 radical (unpaired) electrons. The first-order chi connectivity index (χ1) is 11.9. The predicted molar refractivity (Wildman–Crippen MR) is 100 cm³/mol. The fourth-order valence-electron chi connectivity index (χ4n) is 2.28. The van der Waals surface area contributed by atoms with E-state index in [2.05, 4.69) is 20.6 Å². The molecule has 6 nitrogen and oxygen atoms in total. The van der Waals surface area contributed by atoms with E-state index in [9.17, 15) is 9.59 Å². The molecule has 0 aromatic carbocycles. The maximum Gasteiger partial charge on any atom is 0.248 e. The van der Waals surface area contributed by atoms with E-state index in [4.69, 9.17) is 0 Å². The van der Waals surface area contributed by atoms with Crippen LogP contribution in [0.3, 0.4) is 0 Å². The lowest BCUT2D eigenvalue weighted by Gasteiger charge is -2.21. The largest absolute Gasteiger partial charge is 0.344 e. The minimum Gasteiger partial charge on any atom is -0.344 e. The number of hydrogen-bond donors (Lipinski definition) is 2. The summed E-state index contributed by atoms with van der Waals surface area (Å²) in [6.45, 7) is 7.75. The summed E-state index contributed by atoms with van der Waals surface area (Å²) in [5.41, 5.74) is 1.47. The fraction of sp³-hybridized carbons (Fsp3) is 0.444. The topological polar surface area (TPSA) is 84.0 Å². The number of rotatable bonds is 7. The van der Waals surface area contributed by atoms with Crippen LogP contribution in [-0.2, 0) is 9.59 Å². The van der Waals surface area contributed by atoms with Crippen molar-refractivity contribution < 1.29 is 9.59 Å². The van der Waals surface area contributed by atoms with Crippen LogP contribution in [0.15, 0.2) is 29.8 Å². The summed E-state index contributed by atoms with van der Waals surface area (Å²) in [6.07, 6.45) is 2.10. The van der Waals surface area contributed by atoms with Gasteiger partial charge in [-0.3, -0.25) is 14.6 Å². The summed E-state index contributed by atoms with van der Waals surface area (Å²) >= 11 is 1.34. The van der Waals surface area contributed by atoms with Crippen LogP contribution >= 0.6 is 11.3 Å². The van der Waals surface area contributed by atoms with Gasteiger partial charge in [-0.25, -0.2) is 4.98 Å². The zero-order valence-corrected chi connectivity index (χ0v) is 15.8. The van der Waals surface area contributed by atoms with Crippen LogP contribution in [0.2, 0.25) is 0 Å². The zero-order chi connectivity index (χ0) is 18.4. The molecule has 2 heterocycles. The molecule has 1 atom stereocenters. The van der Waals surface area contributed by atoms with Crippen molar-refractivity contribution in [3.8, 4) is 11.4 Å². The Labute approximate surface area is 152 Å². The number of aromatic nitrogens is 2. The van der Waals surface area contributed by atoms with E-state index < -0.39 is 6.04 Å². The van der Waals surface area contributed by atoms with E-state index in [1.807, 2.05) is 51.3 Å². The van der Waals surface area contributed by atoms with Crippen LogP contribution < -0.4 is 10.6 Å². The van der Waals surface area contributed by atoms with Gasteiger partial charge in [-0.2, -0.15) is 0 Å². The minimum absolute atomic E-state index is 0.0219. The number of nitrogens with zero attached hydrogens (tertiary/aromatic N) is 2. The van der Waals surface area contributed by atoms with E-state index in [1.165, 1.54) is 11.3 Å². The molecule has 0 spiro atoms.